The highest BCUT2D eigenvalue weighted by Gasteiger charge is 1.99. The SMILES string of the molecule is Cc1nc2cc(/C=C/CN)ccc2s1. The van der Waals surface area contributed by atoms with E-state index in [4.69, 9.17) is 5.73 Å². The summed E-state index contributed by atoms with van der Waals surface area (Å²) >= 11 is 1.72. The Bertz CT molecular complexity index is 471. The van der Waals surface area contributed by atoms with Crippen molar-refractivity contribution in [2.24, 2.45) is 5.73 Å². The Balaban J connectivity index is 2.45. The highest BCUT2D eigenvalue weighted by molar-refractivity contribution is 7.18. The molecule has 0 atom stereocenters. The Labute approximate surface area is 87.1 Å². The number of rotatable bonds is 2. The molecule has 0 saturated heterocycles. The molecule has 1 aromatic heterocycles. The molecule has 0 radical (unpaired) electrons. The van der Waals surface area contributed by atoms with Crippen LogP contribution in [-0.2, 0) is 0 Å². The zero-order valence-electron chi connectivity index (χ0n) is 8.03. The van der Waals surface area contributed by atoms with Gasteiger partial charge in [-0.15, -0.1) is 11.3 Å². The van der Waals surface area contributed by atoms with Gasteiger partial charge in [-0.3, -0.25) is 0 Å². The van der Waals surface area contributed by atoms with Crippen molar-refractivity contribution in [1.82, 2.24) is 4.98 Å². The zero-order chi connectivity index (χ0) is 9.97. The molecule has 0 saturated carbocycles. The molecule has 1 aromatic carbocycles. The van der Waals surface area contributed by atoms with E-state index in [1.807, 2.05) is 19.1 Å². The molecule has 0 aliphatic heterocycles. The van der Waals surface area contributed by atoms with E-state index in [1.54, 1.807) is 11.3 Å². The van der Waals surface area contributed by atoms with Crippen molar-refractivity contribution in [3.05, 3.63) is 34.8 Å². The first-order valence-electron chi connectivity index (χ1n) is 4.53. The number of hydrogen-bond donors (Lipinski definition) is 1. The first-order chi connectivity index (χ1) is 6.79. The Morgan fingerprint density at radius 3 is 3.14 bits per heavy atom. The molecular weight excluding hydrogens is 192 g/mol. The molecule has 1 heterocycles. The molecule has 14 heavy (non-hydrogen) atoms. The summed E-state index contributed by atoms with van der Waals surface area (Å²) in [4.78, 5) is 4.44. The summed E-state index contributed by atoms with van der Waals surface area (Å²) in [5.74, 6) is 0. The smallest absolute Gasteiger partial charge is 0.0907 e. The molecule has 0 fully saturated rings. The number of nitrogens with two attached hydrogens (primary N) is 1. The van der Waals surface area contributed by atoms with Crippen molar-refractivity contribution in [3.63, 3.8) is 0 Å². The van der Waals surface area contributed by atoms with Crippen LogP contribution in [0.4, 0.5) is 0 Å². The Hall–Kier alpha value is -1.19. The molecule has 2 rings (SSSR count). The normalized spacial score (nSPS) is 11.6. The summed E-state index contributed by atoms with van der Waals surface area (Å²) in [5, 5.41) is 1.11. The number of thiazole rings is 1. The highest BCUT2D eigenvalue weighted by Crippen LogP contribution is 2.22. The van der Waals surface area contributed by atoms with Crippen LogP contribution in [0.5, 0.6) is 0 Å². The van der Waals surface area contributed by atoms with Gasteiger partial charge < -0.3 is 5.73 Å². The fraction of sp³-hybridized carbons (Fsp3) is 0.182. The molecule has 0 aliphatic rings. The van der Waals surface area contributed by atoms with Gasteiger partial charge in [0.25, 0.3) is 0 Å². The van der Waals surface area contributed by atoms with Crippen LogP contribution >= 0.6 is 11.3 Å². The van der Waals surface area contributed by atoms with Gasteiger partial charge in [0.05, 0.1) is 15.2 Å². The summed E-state index contributed by atoms with van der Waals surface area (Å²) in [6, 6.07) is 6.29. The second kappa shape index (κ2) is 3.90. The number of nitrogens with zero attached hydrogens (tertiary/aromatic N) is 1. The third kappa shape index (κ3) is 1.84. The van der Waals surface area contributed by atoms with E-state index >= 15 is 0 Å². The Kier molecular flexibility index (Phi) is 2.61. The molecule has 2 nitrogen and oxygen atoms in total. The fourth-order valence-corrected chi connectivity index (χ4v) is 2.17. The lowest BCUT2D eigenvalue weighted by atomic mass is 10.2. The van der Waals surface area contributed by atoms with E-state index in [2.05, 4.69) is 23.2 Å². The lowest BCUT2D eigenvalue weighted by Crippen LogP contribution is -1.91. The van der Waals surface area contributed by atoms with Gasteiger partial charge in [-0.05, 0) is 24.6 Å². The number of aryl methyl sites for hydroxylation is 1. The minimum atomic E-state index is 0.578. The Morgan fingerprint density at radius 2 is 2.36 bits per heavy atom. The first-order valence-corrected chi connectivity index (χ1v) is 5.35. The number of hydrogen-bond acceptors (Lipinski definition) is 3. The lowest BCUT2D eigenvalue weighted by Gasteiger charge is -1.92. The van der Waals surface area contributed by atoms with Crippen LogP contribution in [0.3, 0.4) is 0 Å². The van der Waals surface area contributed by atoms with E-state index in [0.717, 1.165) is 16.1 Å². The van der Waals surface area contributed by atoms with Gasteiger partial charge in [0.1, 0.15) is 0 Å². The van der Waals surface area contributed by atoms with Gasteiger partial charge in [-0.1, -0.05) is 18.2 Å². The predicted octanol–water partition coefficient (Wildman–Crippen LogP) is 2.58. The molecule has 3 heteroatoms. The molecule has 0 spiro atoms. The van der Waals surface area contributed by atoms with Crippen molar-refractivity contribution in [1.29, 1.82) is 0 Å². The van der Waals surface area contributed by atoms with E-state index in [0.29, 0.717) is 6.54 Å². The zero-order valence-corrected chi connectivity index (χ0v) is 8.84. The second-order valence-electron chi connectivity index (χ2n) is 3.10. The molecule has 0 aliphatic carbocycles. The van der Waals surface area contributed by atoms with Gasteiger partial charge in [0.15, 0.2) is 0 Å². The maximum absolute atomic E-state index is 5.39. The summed E-state index contributed by atoms with van der Waals surface area (Å²) in [6.45, 7) is 2.61. The topological polar surface area (TPSA) is 38.9 Å². The molecule has 2 N–H and O–H groups in total. The van der Waals surface area contributed by atoms with E-state index in [-0.39, 0.29) is 0 Å². The average molecular weight is 204 g/mol. The number of aromatic nitrogens is 1. The van der Waals surface area contributed by atoms with Crippen molar-refractivity contribution in [2.45, 2.75) is 6.92 Å². The van der Waals surface area contributed by atoms with Crippen molar-refractivity contribution >= 4 is 27.6 Å². The fourth-order valence-electron chi connectivity index (χ4n) is 1.37. The van der Waals surface area contributed by atoms with Crippen LogP contribution in [0.15, 0.2) is 24.3 Å². The van der Waals surface area contributed by atoms with E-state index < -0.39 is 0 Å². The first kappa shape index (κ1) is 9.37. The summed E-state index contributed by atoms with van der Waals surface area (Å²) in [7, 11) is 0. The van der Waals surface area contributed by atoms with Crippen LogP contribution in [0, 0.1) is 6.92 Å². The number of fused-ring (bicyclic) bond motifs is 1. The van der Waals surface area contributed by atoms with Crippen LogP contribution in [-0.4, -0.2) is 11.5 Å². The van der Waals surface area contributed by atoms with Gasteiger partial charge >= 0.3 is 0 Å². The lowest BCUT2D eigenvalue weighted by molar-refractivity contribution is 1.26. The van der Waals surface area contributed by atoms with Gasteiger partial charge in [0.2, 0.25) is 0 Å². The average Bonchev–Trinajstić information content (AvgIpc) is 2.54. The van der Waals surface area contributed by atoms with Crippen LogP contribution in [0.25, 0.3) is 16.3 Å². The maximum Gasteiger partial charge on any atom is 0.0907 e. The third-order valence-corrected chi connectivity index (χ3v) is 2.92. The molecule has 72 valence electrons. The van der Waals surface area contributed by atoms with Gasteiger partial charge in [0, 0.05) is 6.54 Å². The minimum Gasteiger partial charge on any atom is -0.327 e. The summed E-state index contributed by atoms with van der Waals surface area (Å²) < 4.78 is 1.24. The van der Waals surface area contributed by atoms with E-state index in [9.17, 15) is 0 Å². The molecule has 0 amide bonds. The van der Waals surface area contributed by atoms with Crippen molar-refractivity contribution in [3.8, 4) is 0 Å². The molecular formula is C11H12N2S. The minimum absolute atomic E-state index is 0.578. The quantitative estimate of drug-likeness (QED) is 0.816. The van der Waals surface area contributed by atoms with Crippen molar-refractivity contribution in [2.75, 3.05) is 6.54 Å². The molecule has 2 aromatic rings. The van der Waals surface area contributed by atoms with Gasteiger partial charge in [-0.25, -0.2) is 4.98 Å². The standard InChI is InChI=1S/C11H12N2S/c1-8-13-10-7-9(3-2-6-12)4-5-11(10)14-8/h2-5,7H,6,12H2,1H3/b3-2+. The summed E-state index contributed by atoms with van der Waals surface area (Å²) in [5.41, 5.74) is 7.63. The molecule has 0 unspecified atom stereocenters. The van der Waals surface area contributed by atoms with Crippen molar-refractivity contribution < 1.29 is 0 Å². The second-order valence-corrected chi connectivity index (χ2v) is 4.33. The van der Waals surface area contributed by atoms with Crippen LogP contribution < -0.4 is 5.73 Å². The van der Waals surface area contributed by atoms with E-state index in [1.165, 1.54) is 4.70 Å². The predicted molar refractivity (Wildman–Crippen MR) is 62.4 cm³/mol. The summed E-state index contributed by atoms with van der Waals surface area (Å²) in [6.07, 6.45) is 3.97. The monoisotopic (exact) mass is 204 g/mol. The molecule has 0 bridgehead atoms. The Morgan fingerprint density at radius 1 is 1.50 bits per heavy atom. The maximum atomic E-state index is 5.39. The largest absolute Gasteiger partial charge is 0.327 e. The van der Waals surface area contributed by atoms with Gasteiger partial charge in [-0.2, -0.15) is 0 Å². The number of benzene rings is 1. The highest BCUT2D eigenvalue weighted by atomic mass is 32.1. The van der Waals surface area contributed by atoms with Crippen LogP contribution in [0.1, 0.15) is 10.6 Å². The third-order valence-electron chi connectivity index (χ3n) is 1.96. The van der Waals surface area contributed by atoms with Crippen LogP contribution in [0.2, 0.25) is 0 Å².